The first-order valence-corrected chi connectivity index (χ1v) is 5.30. The first kappa shape index (κ1) is 10.5. The number of nitrogens with one attached hydrogen (secondary N) is 1. The zero-order chi connectivity index (χ0) is 12.7. The van der Waals surface area contributed by atoms with Crippen molar-refractivity contribution in [3.05, 3.63) is 35.6 Å². The van der Waals surface area contributed by atoms with Crippen LogP contribution in [0.5, 0.6) is 0 Å². The predicted molar refractivity (Wildman–Crippen MR) is 63.3 cm³/mol. The van der Waals surface area contributed by atoms with Crippen molar-refractivity contribution in [1.82, 2.24) is 15.1 Å². The number of aromatic carboxylic acids is 1. The van der Waals surface area contributed by atoms with E-state index in [9.17, 15) is 4.79 Å². The maximum absolute atomic E-state index is 10.9. The number of carboxylic acid groups (broad SMARTS) is 1. The molecule has 0 aliphatic rings. The fourth-order valence-corrected chi connectivity index (χ4v) is 1.74. The Hall–Kier alpha value is -2.63. The molecule has 6 heteroatoms. The minimum Gasteiger partial charge on any atom is -0.478 e. The molecule has 1 aromatic carbocycles. The molecule has 0 unspecified atom stereocenters. The third-order valence-corrected chi connectivity index (χ3v) is 2.60. The fraction of sp³-hybridized carbons (Fsp3) is 0.0833. The van der Waals surface area contributed by atoms with E-state index in [4.69, 9.17) is 9.63 Å². The number of nitrogens with zero attached hydrogens (tertiary/aromatic N) is 2. The van der Waals surface area contributed by atoms with Gasteiger partial charge in [-0.1, -0.05) is 5.16 Å². The molecule has 2 aromatic heterocycles. The number of hydrogen-bond acceptors (Lipinski definition) is 4. The average Bonchev–Trinajstić information content (AvgIpc) is 2.93. The first-order chi connectivity index (χ1) is 8.63. The maximum atomic E-state index is 10.9. The number of aromatic amines is 1. The van der Waals surface area contributed by atoms with Crippen LogP contribution < -0.4 is 0 Å². The minimum absolute atomic E-state index is 0.217. The summed E-state index contributed by atoms with van der Waals surface area (Å²) in [5.41, 5.74) is 2.16. The Labute approximate surface area is 101 Å². The standard InChI is InChI=1S/C12H9N3O3/c1-6-4-10(15-18-6)11-13-8-3-2-7(12(16)17)5-9(8)14-11/h2-5H,1H3,(H,13,14)(H,16,17). The van der Waals surface area contributed by atoms with E-state index in [2.05, 4.69) is 15.1 Å². The second-order valence-corrected chi connectivity index (χ2v) is 3.95. The van der Waals surface area contributed by atoms with Gasteiger partial charge in [0.15, 0.2) is 5.82 Å². The Balaban J connectivity index is 2.13. The van der Waals surface area contributed by atoms with Crippen LogP contribution in [-0.2, 0) is 0 Å². The lowest BCUT2D eigenvalue weighted by Crippen LogP contribution is -1.94. The lowest BCUT2D eigenvalue weighted by molar-refractivity contribution is 0.0697. The number of fused-ring (bicyclic) bond motifs is 1. The molecule has 0 aliphatic heterocycles. The van der Waals surface area contributed by atoms with E-state index in [1.807, 2.05) is 0 Å². The number of benzene rings is 1. The Morgan fingerprint density at radius 1 is 1.39 bits per heavy atom. The normalized spacial score (nSPS) is 10.9. The summed E-state index contributed by atoms with van der Waals surface area (Å²) in [5.74, 6) is 0.284. The van der Waals surface area contributed by atoms with Crippen molar-refractivity contribution >= 4 is 17.0 Å². The molecule has 0 saturated carbocycles. The molecule has 0 saturated heterocycles. The number of rotatable bonds is 2. The molecule has 0 atom stereocenters. The number of carbonyl (C=O) groups is 1. The molecule has 0 aliphatic carbocycles. The maximum Gasteiger partial charge on any atom is 0.335 e. The second kappa shape index (κ2) is 3.69. The van der Waals surface area contributed by atoms with Gasteiger partial charge in [-0.05, 0) is 25.1 Å². The summed E-state index contributed by atoms with van der Waals surface area (Å²) in [7, 11) is 0. The van der Waals surface area contributed by atoms with Crippen molar-refractivity contribution in [1.29, 1.82) is 0 Å². The molecule has 18 heavy (non-hydrogen) atoms. The molecule has 90 valence electrons. The van der Waals surface area contributed by atoms with Crippen molar-refractivity contribution in [3.63, 3.8) is 0 Å². The fourth-order valence-electron chi connectivity index (χ4n) is 1.74. The number of aryl methyl sites for hydroxylation is 1. The van der Waals surface area contributed by atoms with Crippen LogP contribution in [0.25, 0.3) is 22.6 Å². The highest BCUT2D eigenvalue weighted by Crippen LogP contribution is 2.21. The van der Waals surface area contributed by atoms with Crippen LogP contribution in [0.4, 0.5) is 0 Å². The topological polar surface area (TPSA) is 92.0 Å². The van der Waals surface area contributed by atoms with Gasteiger partial charge in [-0.2, -0.15) is 0 Å². The molecular formula is C12H9N3O3. The highest BCUT2D eigenvalue weighted by atomic mass is 16.5. The van der Waals surface area contributed by atoms with Gasteiger partial charge in [0.1, 0.15) is 11.5 Å². The van der Waals surface area contributed by atoms with Crippen LogP contribution in [0.2, 0.25) is 0 Å². The zero-order valence-electron chi connectivity index (χ0n) is 9.47. The largest absolute Gasteiger partial charge is 0.478 e. The summed E-state index contributed by atoms with van der Waals surface area (Å²) in [5, 5.41) is 12.8. The van der Waals surface area contributed by atoms with Crippen LogP contribution in [0, 0.1) is 6.92 Å². The number of carboxylic acids is 1. The number of H-pyrrole nitrogens is 1. The molecule has 0 radical (unpaired) electrons. The molecule has 0 amide bonds. The third-order valence-electron chi connectivity index (χ3n) is 2.60. The van der Waals surface area contributed by atoms with Crippen LogP contribution in [0.3, 0.4) is 0 Å². The Morgan fingerprint density at radius 3 is 2.89 bits per heavy atom. The Morgan fingerprint density at radius 2 is 2.22 bits per heavy atom. The highest BCUT2D eigenvalue weighted by molar-refractivity contribution is 5.92. The van der Waals surface area contributed by atoms with Crippen molar-refractivity contribution in [2.75, 3.05) is 0 Å². The number of hydrogen-bond donors (Lipinski definition) is 2. The van der Waals surface area contributed by atoms with Crippen LogP contribution in [-0.4, -0.2) is 26.2 Å². The summed E-state index contributed by atoms with van der Waals surface area (Å²) in [6.45, 7) is 1.79. The first-order valence-electron chi connectivity index (χ1n) is 5.30. The molecule has 2 heterocycles. The smallest absolute Gasteiger partial charge is 0.335 e. The average molecular weight is 243 g/mol. The number of imidazole rings is 1. The van der Waals surface area contributed by atoms with E-state index in [-0.39, 0.29) is 5.56 Å². The van der Waals surface area contributed by atoms with Gasteiger partial charge in [-0.3, -0.25) is 0 Å². The van der Waals surface area contributed by atoms with Crippen molar-refractivity contribution in [2.24, 2.45) is 0 Å². The van der Waals surface area contributed by atoms with E-state index in [0.717, 1.165) is 0 Å². The van der Waals surface area contributed by atoms with E-state index >= 15 is 0 Å². The SMILES string of the molecule is Cc1cc(-c2nc3ccc(C(=O)O)cc3[nH]2)no1. The Kier molecular flexibility index (Phi) is 2.16. The van der Waals surface area contributed by atoms with Gasteiger partial charge in [-0.25, -0.2) is 9.78 Å². The third kappa shape index (κ3) is 1.64. The van der Waals surface area contributed by atoms with Crippen molar-refractivity contribution < 1.29 is 14.4 Å². The van der Waals surface area contributed by atoms with Gasteiger partial charge in [0.05, 0.1) is 16.6 Å². The van der Waals surface area contributed by atoms with E-state index < -0.39 is 5.97 Å². The van der Waals surface area contributed by atoms with Gasteiger partial charge >= 0.3 is 5.97 Å². The summed E-state index contributed by atoms with van der Waals surface area (Å²) in [6, 6.07) is 6.48. The van der Waals surface area contributed by atoms with Gasteiger partial charge < -0.3 is 14.6 Å². The van der Waals surface area contributed by atoms with Crippen LogP contribution >= 0.6 is 0 Å². The molecule has 0 bridgehead atoms. The summed E-state index contributed by atoms with van der Waals surface area (Å²) in [6.07, 6.45) is 0. The van der Waals surface area contributed by atoms with Crippen LogP contribution in [0.1, 0.15) is 16.1 Å². The molecule has 0 spiro atoms. The quantitative estimate of drug-likeness (QED) is 0.720. The second-order valence-electron chi connectivity index (χ2n) is 3.95. The van der Waals surface area contributed by atoms with Crippen molar-refractivity contribution in [3.8, 4) is 11.5 Å². The highest BCUT2D eigenvalue weighted by Gasteiger charge is 2.11. The van der Waals surface area contributed by atoms with E-state index in [1.54, 1.807) is 25.1 Å². The molecule has 3 aromatic rings. The van der Waals surface area contributed by atoms with Crippen LogP contribution in [0.15, 0.2) is 28.8 Å². The zero-order valence-corrected chi connectivity index (χ0v) is 9.47. The van der Waals surface area contributed by atoms with E-state index in [0.29, 0.717) is 28.3 Å². The molecule has 3 rings (SSSR count). The molecule has 6 nitrogen and oxygen atoms in total. The van der Waals surface area contributed by atoms with Crippen molar-refractivity contribution in [2.45, 2.75) is 6.92 Å². The van der Waals surface area contributed by atoms with Gasteiger partial charge in [0.2, 0.25) is 0 Å². The van der Waals surface area contributed by atoms with Gasteiger partial charge in [0, 0.05) is 6.07 Å². The summed E-state index contributed by atoms with van der Waals surface area (Å²) in [4.78, 5) is 18.2. The minimum atomic E-state index is -0.967. The predicted octanol–water partition coefficient (Wildman–Crippen LogP) is 2.22. The summed E-state index contributed by atoms with van der Waals surface area (Å²) >= 11 is 0. The van der Waals surface area contributed by atoms with E-state index in [1.165, 1.54) is 6.07 Å². The monoisotopic (exact) mass is 243 g/mol. The van der Waals surface area contributed by atoms with Gasteiger partial charge in [0.25, 0.3) is 0 Å². The Bertz CT molecular complexity index is 742. The molecule has 2 N–H and O–H groups in total. The lowest BCUT2D eigenvalue weighted by atomic mass is 10.2. The number of aromatic nitrogens is 3. The lowest BCUT2D eigenvalue weighted by Gasteiger charge is -1.92. The molecule has 0 fully saturated rings. The van der Waals surface area contributed by atoms with Gasteiger partial charge in [-0.15, -0.1) is 0 Å². The molecular weight excluding hydrogens is 234 g/mol. The summed E-state index contributed by atoms with van der Waals surface area (Å²) < 4.78 is 4.97.